The van der Waals surface area contributed by atoms with Crippen molar-refractivity contribution in [2.75, 3.05) is 13.3 Å². The Balaban J connectivity index is 1.55. The molecule has 0 saturated carbocycles. The summed E-state index contributed by atoms with van der Waals surface area (Å²) in [6.45, 7) is 0.711. The Bertz CT molecular complexity index is 1250. The quantitative estimate of drug-likeness (QED) is 0.551. The van der Waals surface area contributed by atoms with E-state index < -0.39 is 29.2 Å². The number of alkyl halides is 1. The van der Waals surface area contributed by atoms with Crippen LogP contribution in [0.1, 0.15) is 28.4 Å². The maximum absolute atomic E-state index is 13.0. The number of benzene rings is 1. The van der Waals surface area contributed by atoms with Crippen molar-refractivity contribution in [2.24, 2.45) is 0 Å². The van der Waals surface area contributed by atoms with Crippen molar-refractivity contribution in [2.45, 2.75) is 37.4 Å². The molecule has 170 valence electrons. The minimum absolute atomic E-state index is 0.0362. The normalized spacial score (nSPS) is 14.6. The van der Waals surface area contributed by atoms with E-state index in [0.29, 0.717) is 27.5 Å². The second-order valence-corrected chi connectivity index (χ2v) is 9.61. The van der Waals surface area contributed by atoms with Gasteiger partial charge in [-0.05, 0) is 18.6 Å². The molecule has 3 aromatic rings. The average molecular weight is 482 g/mol. The highest BCUT2D eigenvalue weighted by Gasteiger charge is 2.34. The molecule has 2 aromatic heterocycles. The van der Waals surface area contributed by atoms with Gasteiger partial charge in [-0.25, -0.2) is 4.39 Å². The molecule has 32 heavy (non-hydrogen) atoms. The van der Waals surface area contributed by atoms with Crippen LogP contribution in [0.25, 0.3) is 0 Å². The van der Waals surface area contributed by atoms with Crippen LogP contribution in [-0.2, 0) is 34.5 Å². The number of hydrogen-bond acceptors (Lipinski definition) is 6. The van der Waals surface area contributed by atoms with E-state index in [1.54, 1.807) is 31.2 Å². The van der Waals surface area contributed by atoms with Crippen LogP contribution in [0.5, 0.6) is 0 Å². The molecule has 3 heterocycles. The highest BCUT2D eigenvalue weighted by molar-refractivity contribution is 7.89. The van der Waals surface area contributed by atoms with Gasteiger partial charge in [-0.1, -0.05) is 29.8 Å². The van der Waals surface area contributed by atoms with Gasteiger partial charge in [0.1, 0.15) is 11.6 Å². The van der Waals surface area contributed by atoms with E-state index in [1.807, 2.05) is 0 Å². The fourth-order valence-electron chi connectivity index (χ4n) is 3.78. The maximum Gasteiger partial charge on any atom is 0.286 e. The minimum atomic E-state index is -4.01. The molecule has 1 aromatic carbocycles. The van der Waals surface area contributed by atoms with E-state index in [2.05, 4.69) is 10.2 Å². The van der Waals surface area contributed by atoms with Gasteiger partial charge in [0.25, 0.3) is 10.0 Å². The smallest absolute Gasteiger partial charge is 0.286 e. The summed E-state index contributed by atoms with van der Waals surface area (Å²) in [7, 11) is -4.01. The lowest BCUT2D eigenvalue weighted by Gasteiger charge is -2.22. The van der Waals surface area contributed by atoms with Crippen molar-refractivity contribution in [1.82, 2.24) is 23.9 Å². The summed E-state index contributed by atoms with van der Waals surface area (Å²) in [5.41, 5.74) is 1.89. The molecule has 0 unspecified atom stereocenters. The first-order valence-electron chi connectivity index (χ1n) is 9.83. The van der Waals surface area contributed by atoms with E-state index in [0.717, 1.165) is 4.09 Å². The zero-order chi connectivity index (χ0) is 23.0. The number of aromatic nitrogens is 4. The molecule has 0 fully saturated rings. The van der Waals surface area contributed by atoms with Crippen molar-refractivity contribution in [3.05, 3.63) is 64.2 Å². The third kappa shape index (κ3) is 3.80. The molecule has 1 aliphatic heterocycles. The van der Waals surface area contributed by atoms with Crippen LogP contribution >= 0.6 is 11.6 Å². The summed E-state index contributed by atoms with van der Waals surface area (Å²) in [5, 5.41) is 18.3. The second-order valence-electron chi connectivity index (χ2n) is 7.44. The Morgan fingerprint density at radius 3 is 2.72 bits per heavy atom. The molecule has 0 radical (unpaired) electrons. The zero-order valence-electron chi connectivity index (χ0n) is 17.1. The number of carbonyl (C=O) groups is 1. The minimum Gasteiger partial charge on any atom is -0.395 e. The summed E-state index contributed by atoms with van der Waals surface area (Å²) < 4.78 is 40.8. The van der Waals surface area contributed by atoms with Crippen LogP contribution in [0, 0.1) is 6.92 Å². The fourth-order valence-corrected chi connectivity index (χ4v) is 5.38. The molecule has 0 saturated heterocycles. The van der Waals surface area contributed by atoms with Crippen molar-refractivity contribution in [1.29, 1.82) is 0 Å². The lowest BCUT2D eigenvalue weighted by molar-refractivity contribution is -0.134. The summed E-state index contributed by atoms with van der Waals surface area (Å²) >= 11 is 6.19. The lowest BCUT2D eigenvalue weighted by atomic mass is 9.98. The van der Waals surface area contributed by atoms with E-state index >= 15 is 0 Å². The summed E-state index contributed by atoms with van der Waals surface area (Å²) in [5.74, 6) is -1.15. The van der Waals surface area contributed by atoms with Crippen molar-refractivity contribution in [3.8, 4) is 0 Å². The van der Waals surface area contributed by atoms with Crippen LogP contribution in [0.2, 0.25) is 5.02 Å². The number of fused-ring (bicyclic) bond motifs is 1. The molecule has 0 bridgehead atoms. The monoisotopic (exact) mass is 481 g/mol. The van der Waals surface area contributed by atoms with Gasteiger partial charge in [-0.3, -0.25) is 9.48 Å². The van der Waals surface area contributed by atoms with Crippen LogP contribution in [0.4, 0.5) is 4.39 Å². The molecule has 1 amide bonds. The number of carbonyl (C=O) groups excluding carboxylic acids is 1. The predicted molar refractivity (Wildman–Crippen MR) is 113 cm³/mol. The second kappa shape index (κ2) is 8.64. The first kappa shape index (κ1) is 22.4. The van der Waals surface area contributed by atoms with Gasteiger partial charge in [-0.2, -0.15) is 22.7 Å². The number of nitrogens with zero attached hydrogens (tertiary/aromatic N) is 5. The number of aliphatic hydroxyl groups excluding tert-OH is 1. The molecule has 12 heteroatoms. The zero-order valence-corrected chi connectivity index (χ0v) is 18.7. The maximum atomic E-state index is 13.0. The summed E-state index contributed by atoms with van der Waals surface area (Å²) in [6, 6.07) is 6.82. The summed E-state index contributed by atoms with van der Waals surface area (Å²) in [6.07, 6.45) is 2.55. The highest BCUT2D eigenvalue weighted by Crippen LogP contribution is 2.30. The topological polar surface area (TPSA) is 110 Å². The average Bonchev–Trinajstić information content (AvgIpc) is 3.44. The van der Waals surface area contributed by atoms with Crippen LogP contribution in [0.3, 0.4) is 0 Å². The molecule has 4 rings (SSSR count). The van der Waals surface area contributed by atoms with Crippen LogP contribution in [0.15, 0.2) is 41.6 Å². The molecule has 1 N–H and O–H groups in total. The molecular formula is C20H21ClFN5O4S. The molecule has 1 aliphatic rings. The molecule has 0 aliphatic carbocycles. The fraction of sp³-hybridized carbons (Fsp3) is 0.350. The molecular weight excluding hydrogens is 461 g/mol. The van der Waals surface area contributed by atoms with Gasteiger partial charge in [-0.15, -0.1) is 0 Å². The van der Waals surface area contributed by atoms with Crippen molar-refractivity contribution < 1.29 is 22.7 Å². The third-order valence-corrected chi connectivity index (χ3v) is 7.49. The first-order chi connectivity index (χ1) is 15.3. The third-order valence-electron chi connectivity index (χ3n) is 5.51. The summed E-state index contributed by atoms with van der Waals surface area (Å²) in [4.78, 5) is 14.5. The van der Waals surface area contributed by atoms with E-state index in [1.165, 1.54) is 22.0 Å². The molecule has 9 nitrogen and oxygen atoms in total. The number of rotatable bonds is 7. The SMILES string of the molecule is Cc1c(S(=O)(=O)n2cc3c(n2)CN(C(=O)[C@H](CO)c2ccccc2Cl)C3)cnn1CCF. The van der Waals surface area contributed by atoms with Crippen LogP contribution < -0.4 is 0 Å². The van der Waals surface area contributed by atoms with E-state index in [9.17, 15) is 22.7 Å². The first-order valence-corrected chi connectivity index (χ1v) is 11.6. The number of amides is 1. The van der Waals surface area contributed by atoms with Gasteiger partial charge in [0.2, 0.25) is 5.91 Å². The van der Waals surface area contributed by atoms with Gasteiger partial charge >= 0.3 is 0 Å². The number of halogens is 2. The molecule has 1 atom stereocenters. The number of aryl methyl sites for hydroxylation is 1. The van der Waals surface area contributed by atoms with Crippen molar-refractivity contribution >= 4 is 27.5 Å². The Hall–Kier alpha value is -2.76. The highest BCUT2D eigenvalue weighted by atomic mass is 35.5. The number of aliphatic hydroxyl groups is 1. The standard InChI is InChI=1S/C20H21ClFN5O4S/c1-13-19(8-23-26(13)7-6-22)32(30,31)27-10-14-9-25(11-18(14)24-27)20(29)16(12-28)15-4-2-3-5-17(15)21/h2-5,8,10,16,28H,6-7,9,11-12H2,1H3/t16-/m1/s1. The van der Waals surface area contributed by atoms with Crippen LogP contribution in [-0.4, -0.2) is 56.6 Å². The van der Waals surface area contributed by atoms with Gasteiger partial charge in [0.15, 0.2) is 0 Å². The number of hydrogen-bond donors (Lipinski definition) is 1. The van der Waals surface area contributed by atoms with Gasteiger partial charge < -0.3 is 10.0 Å². The van der Waals surface area contributed by atoms with Gasteiger partial charge in [0.05, 0.1) is 43.2 Å². The Morgan fingerprint density at radius 1 is 1.31 bits per heavy atom. The lowest BCUT2D eigenvalue weighted by Crippen LogP contribution is -2.33. The largest absolute Gasteiger partial charge is 0.395 e. The van der Waals surface area contributed by atoms with Crippen molar-refractivity contribution in [3.63, 3.8) is 0 Å². The van der Waals surface area contributed by atoms with E-state index in [-0.39, 0.29) is 30.4 Å². The Kier molecular flexibility index (Phi) is 6.06. The Labute approximate surface area is 189 Å². The molecule has 0 spiro atoms. The van der Waals surface area contributed by atoms with E-state index in [4.69, 9.17) is 11.6 Å². The predicted octanol–water partition coefficient (Wildman–Crippen LogP) is 1.87. The van der Waals surface area contributed by atoms with Gasteiger partial charge in [0, 0.05) is 23.3 Å². The Morgan fingerprint density at radius 2 is 2.06 bits per heavy atom.